The summed E-state index contributed by atoms with van der Waals surface area (Å²) in [5.74, 6) is -0.645. The van der Waals surface area contributed by atoms with Crippen LogP contribution in [0.3, 0.4) is 0 Å². The van der Waals surface area contributed by atoms with E-state index in [1.54, 1.807) is 24.4 Å². The molecule has 1 aromatic carbocycles. The van der Waals surface area contributed by atoms with Crippen molar-refractivity contribution in [1.82, 2.24) is 4.98 Å². The van der Waals surface area contributed by atoms with E-state index < -0.39 is 18.2 Å². The molecule has 0 bridgehead atoms. The number of aliphatic carboxylic acids is 1. The molecule has 0 radical (unpaired) electrons. The molecule has 1 aliphatic rings. The number of hydrogen-bond donors (Lipinski definition) is 1. The van der Waals surface area contributed by atoms with Crippen LogP contribution in [0.2, 0.25) is 0 Å². The second-order valence-corrected chi connectivity index (χ2v) is 5.58. The van der Waals surface area contributed by atoms with Crippen LogP contribution in [0.25, 0.3) is 11.1 Å². The van der Waals surface area contributed by atoms with E-state index in [0.29, 0.717) is 18.8 Å². The lowest BCUT2D eigenvalue weighted by molar-refractivity contribution is -0.135. The minimum atomic E-state index is -1.12. The van der Waals surface area contributed by atoms with Crippen molar-refractivity contribution in [1.29, 1.82) is 0 Å². The maximum Gasteiger partial charge on any atom is 0.311 e. The number of carboxylic acids is 1. The molecule has 0 saturated carbocycles. The number of benzene rings is 1. The number of morpholine rings is 1. The minimum absolute atomic E-state index is 0.396. The molecule has 124 valence electrons. The average Bonchev–Trinajstić information content (AvgIpc) is 2.62. The topological polar surface area (TPSA) is 79.7 Å². The predicted molar refractivity (Wildman–Crippen MR) is 89.3 cm³/mol. The lowest BCUT2D eigenvalue weighted by Crippen LogP contribution is -2.36. The van der Waals surface area contributed by atoms with E-state index in [1.165, 1.54) is 0 Å². The first-order valence-corrected chi connectivity index (χ1v) is 7.77. The summed E-state index contributed by atoms with van der Waals surface area (Å²) in [4.78, 5) is 29.2. The van der Waals surface area contributed by atoms with Crippen molar-refractivity contribution in [2.75, 3.05) is 31.2 Å². The zero-order valence-electron chi connectivity index (χ0n) is 13.1. The standard InChI is InChI=1S/C18H18N2O4/c21-16(12-18(22)23)15-3-1-2-13(10-15)14-4-5-19-17(11-14)20-6-8-24-9-7-20/h1-5,10-11H,6-9,12H2,(H,22,23). The van der Waals surface area contributed by atoms with Crippen LogP contribution < -0.4 is 4.90 Å². The van der Waals surface area contributed by atoms with Gasteiger partial charge in [0.05, 0.1) is 13.2 Å². The smallest absolute Gasteiger partial charge is 0.311 e. The molecule has 1 aromatic heterocycles. The zero-order valence-corrected chi connectivity index (χ0v) is 13.1. The van der Waals surface area contributed by atoms with Crippen molar-refractivity contribution in [2.24, 2.45) is 0 Å². The highest BCUT2D eigenvalue weighted by Gasteiger charge is 2.14. The van der Waals surface area contributed by atoms with Gasteiger partial charge in [0.25, 0.3) is 0 Å². The summed E-state index contributed by atoms with van der Waals surface area (Å²) in [5.41, 5.74) is 2.21. The number of hydrogen-bond acceptors (Lipinski definition) is 5. The van der Waals surface area contributed by atoms with Crippen LogP contribution in [0.5, 0.6) is 0 Å². The fraction of sp³-hybridized carbons (Fsp3) is 0.278. The number of carbonyl (C=O) groups is 2. The van der Waals surface area contributed by atoms with E-state index in [9.17, 15) is 9.59 Å². The van der Waals surface area contributed by atoms with Gasteiger partial charge in [-0.2, -0.15) is 0 Å². The third-order valence-electron chi connectivity index (χ3n) is 3.91. The molecule has 6 nitrogen and oxygen atoms in total. The molecule has 0 unspecified atom stereocenters. The Morgan fingerprint density at radius 2 is 1.88 bits per heavy atom. The summed E-state index contributed by atoms with van der Waals surface area (Å²) in [5, 5.41) is 8.77. The summed E-state index contributed by atoms with van der Waals surface area (Å²) in [7, 11) is 0. The van der Waals surface area contributed by atoms with E-state index in [1.807, 2.05) is 18.2 Å². The highest BCUT2D eigenvalue weighted by Crippen LogP contribution is 2.24. The number of anilines is 1. The Morgan fingerprint density at radius 3 is 2.62 bits per heavy atom. The molecule has 1 aliphatic heterocycles. The summed E-state index contributed by atoms with van der Waals surface area (Å²) < 4.78 is 5.35. The number of ether oxygens (including phenoxy) is 1. The molecule has 1 fully saturated rings. The van der Waals surface area contributed by atoms with Gasteiger partial charge >= 0.3 is 5.97 Å². The Labute approximate surface area is 139 Å². The van der Waals surface area contributed by atoms with Crippen LogP contribution >= 0.6 is 0 Å². The van der Waals surface area contributed by atoms with Gasteiger partial charge in [-0.1, -0.05) is 18.2 Å². The Hall–Kier alpha value is -2.73. The fourth-order valence-electron chi connectivity index (χ4n) is 2.67. The van der Waals surface area contributed by atoms with Crippen LogP contribution in [-0.4, -0.2) is 48.1 Å². The van der Waals surface area contributed by atoms with E-state index in [0.717, 1.165) is 30.0 Å². The van der Waals surface area contributed by atoms with Crippen LogP contribution in [0.1, 0.15) is 16.8 Å². The van der Waals surface area contributed by atoms with Gasteiger partial charge in [-0.15, -0.1) is 0 Å². The van der Waals surface area contributed by atoms with Crippen LogP contribution in [0.15, 0.2) is 42.6 Å². The number of pyridine rings is 1. The highest BCUT2D eigenvalue weighted by molar-refractivity contribution is 6.06. The fourth-order valence-corrected chi connectivity index (χ4v) is 2.67. The van der Waals surface area contributed by atoms with Gasteiger partial charge in [0.1, 0.15) is 12.2 Å². The molecule has 1 saturated heterocycles. The lowest BCUT2D eigenvalue weighted by Gasteiger charge is -2.28. The Morgan fingerprint density at radius 1 is 1.12 bits per heavy atom. The summed E-state index contributed by atoms with van der Waals surface area (Å²) in [6.45, 7) is 2.97. The molecular weight excluding hydrogens is 308 g/mol. The van der Waals surface area contributed by atoms with E-state index in [-0.39, 0.29) is 0 Å². The van der Waals surface area contributed by atoms with Gasteiger partial charge in [-0.25, -0.2) is 4.98 Å². The zero-order chi connectivity index (χ0) is 16.9. The van der Waals surface area contributed by atoms with Gasteiger partial charge in [0.2, 0.25) is 0 Å². The normalized spacial score (nSPS) is 14.4. The molecule has 24 heavy (non-hydrogen) atoms. The second-order valence-electron chi connectivity index (χ2n) is 5.58. The number of carboxylic acid groups (broad SMARTS) is 1. The monoisotopic (exact) mass is 326 g/mol. The van der Waals surface area contributed by atoms with Gasteiger partial charge in [-0.05, 0) is 29.3 Å². The molecule has 0 amide bonds. The van der Waals surface area contributed by atoms with E-state index in [4.69, 9.17) is 9.84 Å². The molecule has 2 heterocycles. The molecule has 2 aromatic rings. The van der Waals surface area contributed by atoms with Crippen molar-refractivity contribution in [2.45, 2.75) is 6.42 Å². The molecule has 1 N–H and O–H groups in total. The summed E-state index contributed by atoms with van der Waals surface area (Å²) >= 11 is 0. The maximum absolute atomic E-state index is 11.9. The van der Waals surface area contributed by atoms with Crippen molar-refractivity contribution in [3.05, 3.63) is 48.2 Å². The number of nitrogens with zero attached hydrogens (tertiary/aromatic N) is 2. The number of ketones is 1. The minimum Gasteiger partial charge on any atom is -0.481 e. The maximum atomic E-state index is 11.9. The quantitative estimate of drug-likeness (QED) is 0.670. The molecular formula is C18H18N2O4. The molecule has 6 heteroatoms. The van der Waals surface area contributed by atoms with Gasteiger partial charge in [0, 0.05) is 24.8 Å². The van der Waals surface area contributed by atoms with Crippen molar-refractivity contribution in [3.8, 4) is 11.1 Å². The molecule has 0 atom stereocenters. The summed E-state index contributed by atoms with van der Waals surface area (Å²) in [6, 6.07) is 10.9. The van der Waals surface area contributed by atoms with Crippen molar-refractivity contribution < 1.29 is 19.4 Å². The predicted octanol–water partition coefficient (Wildman–Crippen LogP) is 2.24. The van der Waals surface area contributed by atoms with Gasteiger partial charge < -0.3 is 14.7 Å². The van der Waals surface area contributed by atoms with E-state index >= 15 is 0 Å². The first-order valence-electron chi connectivity index (χ1n) is 7.77. The molecule has 0 spiro atoms. The third kappa shape index (κ3) is 3.78. The van der Waals surface area contributed by atoms with Crippen LogP contribution in [0, 0.1) is 0 Å². The first kappa shape index (κ1) is 16.1. The Balaban J connectivity index is 1.86. The third-order valence-corrected chi connectivity index (χ3v) is 3.91. The van der Waals surface area contributed by atoms with Crippen molar-refractivity contribution in [3.63, 3.8) is 0 Å². The number of rotatable bonds is 5. The average molecular weight is 326 g/mol. The number of Topliss-reactive ketones (excluding diaryl/α,β-unsaturated/α-hetero) is 1. The second kappa shape index (κ2) is 7.23. The lowest BCUT2D eigenvalue weighted by atomic mass is 10.0. The first-order chi connectivity index (χ1) is 11.6. The number of aromatic nitrogens is 1. The SMILES string of the molecule is O=C(O)CC(=O)c1cccc(-c2ccnc(N3CCOCC3)c2)c1. The Bertz CT molecular complexity index is 754. The van der Waals surface area contributed by atoms with Crippen molar-refractivity contribution >= 4 is 17.6 Å². The number of carbonyl (C=O) groups excluding carboxylic acids is 1. The van der Waals surface area contributed by atoms with Crippen LogP contribution in [0.4, 0.5) is 5.82 Å². The van der Waals surface area contributed by atoms with E-state index in [2.05, 4.69) is 9.88 Å². The summed E-state index contributed by atoms with van der Waals surface area (Å²) in [6.07, 6.45) is 1.24. The Kier molecular flexibility index (Phi) is 4.86. The van der Waals surface area contributed by atoms with Crippen LogP contribution in [-0.2, 0) is 9.53 Å². The highest BCUT2D eigenvalue weighted by atomic mass is 16.5. The van der Waals surface area contributed by atoms with Gasteiger partial charge in [-0.3, -0.25) is 9.59 Å². The van der Waals surface area contributed by atoms with Gasteiger partial charge in [0.15, 0.2) is 5.78 Å². The molecule has 0 aliphatic carbocycles. The largest absolute Gasteiger partial charge is 0.481 e. The molecule has 3 rings (SSSR count).